The van der Waals surface area contributed by atoms with Gasteiger partial charge in [-0.05, 0) is 50.2 Å². The second kappa shape index (κ2) is 9.65. The molecule has 0 aliphatic carbocycles. The van der Waals surface area contributed by atoms with Crippen LogP contribution in [0.25, 0.3) is 0 Å². The lowest BCUT2D eigenvalue weighted by Crippen LogP contribution is -2.35. The third-order valence-electron chi connectivity index (χ3n) is 4.75. The minimum atomic E-state index is -3.61. The van der Waals surface area contributed by atoms with Gasteiger partial charge in [0.05, 0.1) is 10.9 Å². The molecule has 154 valence electrons. The summed E-state index contributed by atoms with van der Waals surface area (Å²) in [5.41, 5.74) is 1.13. The highest BCUT2D eigenvalue weighted by Crippen LogP contribution is 2.23. The van der Waals surface area contributed by atoms with Crippen LogP contribution in [0.3, 0.4) is 0 Å². The summed E-state index contributed by atoms with van der Waals surface area (Å²) >= 11 is 1.65. The Morgan fingerprint density at radius 3 is 2.39 bits per heavy atom. The van der Waals surface area contributed by atoms with Gasteiger partial charge in [-0.15, -0.1) is 11.3 Å². The molecule has 0 saturated carbocycles. The minimum Gasteiger partial charge on any atom is -0.350 e. The number of sulfonamides is 1. The Hall–Kier alpha value is -1.74. The maximum atomic E-state index is 12.8. The molecule has 0 aliphatic rings. The zero-order chi connectivity index (χ0) is 20.9. The normalized spacial score (nSPS) is 13.1. The van der Waals surface area contributed by atoms with Crippen LogP contribution in [0.4, 0.5) is 0 Å². The number of thiophene rings is 1. The van der Waals surface area contributed by atoms with Gasteiger partial charge in [0.2, 0.25) is 10.0 Å². The van der Waals surface area contributed by atoms with Crippen molar-refractivity contribution in [1.29, 1.82) is 0 Å². The maximum absolute atomic E-state index is 12.8. The molecular formula is C20H29N3O3S2. The first kappa shape index (κ1) is 22.5. The summed E-state index contributed by atoms with van der Waals surface area (Å²) < 4.78 is 26.9. The molecule has 1 aromatic carbocycles. The van der Waals surface area contributed by atoms with Crippen LogP contribution in [-0.2, 0) is 10.0 Å². The fraction of sp³-hybridized carbons (Fsp3) is 0.450. The predicted octanol–water partition coefficient (Wildman–Crippen LogP) is 3.12. The van der Waals surface area contributed by atoms with Crippen molar-refractivity contribution in [2.45, 2.75) is 31.7 Å². The van der Waals surface area contributed by atoms with Crippen LogP contribution in [0.2, 0.25) is 0 Å². The molecule has 6 nitrogen and oxygen atoms in total. The van der Waals surface area contributed by atoms with Crippen LogP contribution in [0.1, 0.15) is 40.7 Å². The van der Waals surface area contributed by atoms with Crippen molar-refractivity contribution in [2.24, 2.45) is 0 Å². The molecule has 2 aromatic rings. The lowest BCUT2D eigenvalue weighted by Gasteiger charge is -2.24. The van der Waals surface area contributed by atoms with E-state index in [1.165, 1.54) is 15.2 Å². The first-order valence-electron chi connectivity index (χ1n) is 9.31. The van der Waals surface area contributed by atoms with E-state index in [4.69, 9.17) is 0 Å². The number of nitrogens with zero attached hydrogens (tertiary/aromatic N) is 2. The molecule has 2 rings (SSSR count). The van der Waals surface area contributed by atoms with E-state index in [9.17, 15) is 13.2 Å². The molecule has 0 saturated heterocycles. The van der Waals surface area contributed by atoms with Crippen molar-refractivity contribution in [3.8, 4) is 0 Å². The second-order valence-corrected chi connectivity index (χ2v) is 9.69. The zero-order valence-electron chi connectivity index (χ0n) is 17.1. The molecule has 1 amide bonds. The Kier molecular flexibility index (Phi) is 7.77. The van der Waals surface area contributed by atoms with E-state index in [0.717, 1.165) is 5.56 Å². The number of aryl methyl sites for hydroxylation is 1. The molecule has 1 heterocycles. The Labute approximate surface area is 172 Å². The van der Waals surface area contributed by atoms with Crippen molar-refractivity contribution in [3.63, 3.8) is 0 Å². The summed E-state index contributed by atoms with van der Waals surface area (Å²) in [6, 6.07) is 8.83. The van der Waals surface area contributed by atoms with Crippen molar-refractivity contribution in [1.82, 2.24) is 14.5 Å². The standard InChI is InChI=1S/C20H29N3O3S2/c1-6-23(7-2)28(25,26)16-11-10-15(3)17(13-16)20(24)21-14-18(22(4)5)19-9-8-12-27-19/h8-13,18H,6-7,14H2,1-5H3,(H,21,24). The lowest BCUT2D eigenvalue weighted by atomic mass is 10.1. The Morgan fingerprint density at radius 2 is 1.86 bits per heavy atom. The van der Waals surface area contributed by atoms with Gasteiger partial charge < -0.3 is 10.2 Å². The van der Waals surface area contributed by atoms with Crippen LogP contribution in [0, 0.1) is 6.92 Å². The van der Waals surface area contributed by atoms with Gasteiger partial charge in [0.1, 0.15) is 0 Å². The van der Waals surface area contributed by atoms with E-state index in [-0.39, 0.29) is 16.8 Å². The summed E-state index contributed by atoms with van der Waals surface area (Å²) in [6.45, 7) is 6.63. The average molecular weight is 424 g/mol. The van der Waals surface area contributed by atoms with Gasteiger partial charge in [-0.25, -0.2) is 8.42 Å². The Balaban J connectivity index is 2.24. The van der Waals surface area contributed by atoms with E-state index in [0.29, 0.717) is 25.2 Å². The van der Waals surface area contributed by atoms with Gasteiger partial charge in [-0.2, -0.15) is 4.31 Å². The number of rotatable bonds is 9. The minimum absolute atomic E-state index is 0.0619. The molecule has 0 aliphatic heterocycles. The summed E-state index contributed by atoms with van der Waals surface area (Å²) in [7, 11) is 0.335. The van der Waals surface area contributed by atoms with Gasteiger partial charge >= 0.3 is 0 Å². The molecule has 1 aromatic heterocycles. The molecular weight excluding hydrogens is 394 g/mol. The van der Waals surface area contributed by atoms with Crippen molar-refractivity contribution < 1.29 is 13.2 Å². The number of carbonyl (C=O) groups is 1. The Bertz CT molecular complexity index is 889. The molecule has 0 spiro atoms. The van der Waals surface area contributed by atoms with Crippen LogP contribution in [0.5, 0.6) is 0 Å². The van der Waals surface area contributed by atoms with Crippen LogP contribution >= 0.6 is 11.3 Å². The molecule has 0 bridgehead atoms. The van der Waals surface area contributed by atoms with E-state index < -0.39 is 10.0 Å². The summed E-state index contributed by atoms with van der Waals surface area (Å²) in [5.74, 6) is -0.266. The molecule has 0 fully saturated rings. The summed E-state index contributed by atoms with van der Waals surface area (Å²) in [6.07, 6.45) is 0. The van der Waals surface area contributed by atoms with Crippen LogP contribution in [0.15, 0.2) is 40.6 Å². The highest BCUT2D eigenvalue weighted by Gasteiger charge is 2.24. The fourth-order valence-corrected chi connectivity index (χ4v) is 5.43. The number of amides is 1. The van der Waals surface area contributed by atoms with Gasteiger partial charge in [0, 0.05) is 30.1 Å². The third kappa shape index (κ3) is 5.00. The first-order chi connectivity index (χ1) is 13.2. The number of hydrogen-bond donors (Lipinski definition) is 1. The van der Waals surface area contributed by atoms with Gasteiger partial charge in [0.15, 0.2) is 0 Å². The second-order valence-electron chi connectivity index (χ2n) is 6.77. The molecule has 28 heavy (non-hydrogen) atoms. The smallest absolute Gasteiger partial charge is 0.251 e. The van der Waals surface area contributed by atoms with Gasteiger partial charge in [-0.3, -0.25) is 4.79 Å². The predicted molar refractivity (Wildman–Crippen MR) is 114 cm³/mol. The molecule has 0 radical (unpaired) electrons. The number of carbonyl (C=O) groups excluding carboxylic acids is 1. The fourth-order valence-electron chi connectivity index (χ4n) is 3.02. The van der Waals surface area contributed by atoms with E-state index in [2.05, 4.69) is 10.2 Å². The highest BCUT2D eigenvalue weighted by molar-refractivity contribution is 7.89. The Morgan fingerprint density at radius 1 is 1.18 bits per heavy atom. The largest absolute Gasteiger partial charge is 0.350 e. The first-order valence-corrected chi connectivity index (χ1v) is 11.6. The summed E-state index contributed by atoms with van der Waals surface area (Å²) in [5, 5.41) is 4.98. The summed E-state index contributed by atoms with van der Waals surface area (Å²) in [4.78, 5) is 16.2. The van der Waals surface area contributed by atoms with Crippen molar-refractivity contribution in [3.05, 3.63) is 51.7 Å². The average Bonchev–Trinajstić information content (AvgIpc) is 3.16. The molecule has 1 unspecified atom stereocenters. The number of benzene rings is 1. The van der Waals surface area contributed by atoms with Crippen LogP contribution < -0.4 is 5.32 Å². The zero-order valence-corrected chi connectivity index (χ0v) is 18.7. The van der Waals surface area contributed by atoms with E-state index in [1.54, 1.807) is 37.3 Å². The third-order valence-corrected chi connectivity index (χ3v) is 7.77. The highest BCUT2D eigenvalue weighted by atomic mass is 32.2. The molecule has 8 heteroatoms. The van der Waals surface area contributed by atoms with Gasteiger partial charge in [0.25, 0.3) is 5.91 Å². The van der Waals surface area contributed by atoms with Crippen molar-refractivity contribution >= 4 is 27.3 Å². The molecule has 1 N–H and O–H groups in total. The quantitative estimate of drug-likeness (QED) is 0.673. The van der Waals surface area contributed by atoms with Crippen LogP contribution in [-0.4, -0.2) is 57.3 Å². The van der Waals surface area contributed by atoms with Crippen molar-refractivity contribution in [2.75, 3.05) is 33.7 Å². The van der Waals surface area contributed by atoms with E-state index in [1.807, 2.05) is 38.5 Å². The van der Waals surface area contributed by atoms with Gasteiger partial charge in [-0.1, -0.05) is 26.0 Å². The lowest BCUT2D eigenvalue weighted by molar-refractivity contribution is 0.0941. The number of hydrogen-bond acceptors (Lipinski definition) is 5. The number of nitrogens with one attached hydrogen (secondary N) is 1. The number of likely N-dealkylation sites (N-methyl/N-ethyl adjacent to an activating group) is 1. The topological polar surface area (TPSA) is 69.7 Å². The SMILES string of the molecule is CCN(CC)S(=O)(=O)c1ccc(C)c(C(=O)NCC(c2cccs2)N(C)C)c1. The monoisotopic (exact) mass is 423 g/mol. The molecule has 1 atom stereocenters. The van der Waals surface area contributed by atoms with E-state index >= 15 is 0 Å². The maximum Gasteiger partial charge on any atom is 0.251 e.